The lowest BCUT2D eigenvalue weighted by molar-refractivity contribution is -0.803. The zero-order valence-corrected chi connectivity index (χ0v) is 11.3. The minimum atomic E-state index is -1.26. The van der Waals surface area contributed by atoms with Gasteiger partial charge in [0.05, 0.1) is 0 Å². The normalized spacial score (nSPS) is 12.9. The molecule has 0 aliphatic carbocycles. The molecule has 0 fully saturated rings. The average molecular weight is 304 g/mol. The topological polar surface area (TPSA) is 105 Å². The molecule has 0 bridgehead atoms. The van der Waals surface area contributed by atoms with Crippen molar-refractivity contribution in [1.82, 2.24) is 0 Å². The Morgan fingerprint density at radius 2 is 1.00 bits per heavy atom. The lowest BCUT2D eigenvalue weighted by Gasteiger charge is -2.24. The quantitative estimate of drug-likeness (QED) is 0.575. The van der Waals surface area contributed by atoms with Gasteiger partial charge in [0.2, 0.25) is 0 Å². The Morgan fingerprint density at radius 3 is 1.27 bits per heavy atom. The van der Waals surface area contributed by atoms with Crippen LogP contribution in [0.2, 0.25) is 0 Å². The largest absolute Gasteiger partial charge is 0.303 e. The Bertz CT molecular complexity index is 577. The van der Waals surface area contributed by atoms with Crippen LogP contribution < -0.4 is 0 Å². The van der Waals surface area contributed by atoms with Crippen molar-refractivity contribution in [3.63, 3.8) is 0 Å². The molecule has 0 heterocycles. The van der Waals surface area contributed by atoms with Crippen LogP contribution in [0.4, 0.5) is 0 Å². The first kappa shape index (κ1) is 15.2. The molecule has 2 atom stereocenters. The molecule has 2 rings (SSSR count). The highest BCUT2D eigenvalue weighted by Gasteiger charge is 2.31. The predicted molar refractivity (Wildman–Crippen MR) is 74.5 cm³/mol. The Kier molecular flexibility index (Phi) is 4.86. The highest BCUT2D eigenvalue weighted by atomic mass is 17.0. The van der Waals surface area contributed by atoms with Gasteiger partial charge in [0.25, 0.3) is 10.2 Å². The van der Waals surface area contributed by atoms with Crippen LogP contribution in [0.15, 0.2) is 60.7 Å². The SMILES string of the molecule is O=[N+]([O-])OC(c1ccccc1)C(O[N+](=O)[O-])c1ccccc1. The third kappa shape index (κ3) is 3.92. The van der Waals surface area contributed by atoms with Crippen molar-refractivity contribution >= 4 is 0 Å². The van der Waals surface area contributed by atoms with Crippen LogP contribution >= 0.6 is 0 Å². The maximum absolute atomic E-state index is 10.8. The molecule has 0 saturated heterocycles. The van der Waals surface area contributed by atoms with Crippen LogP contribution in [-0.4, -0.2) is 10.2 Å². The van der Waals surface area contributed by atoms with E-state index >= 15 is 0 Å². The minimum Gasteiger partial charge on any atom is -0.303 e. The molecule has 8 nitrogen and oxygen atoms in total. The number of hydrogen-bond donors (Lipinski definition) is 0. The summed E-state index contributed by atoms with van der Waals surface area (Å²) in [5.41, 5.74) is 0.796. The van der Waals surface area contributed by atoms with Crippen LogP contribution in [0, 0.1) is 20.2 Å². The summed E-state index contributed by atoms with van der Waals surface area (Å²) in [6, 6.07) is 16.4. The van der Waals surface area contributed by atoms with Crippen LogP contribution in [0.1, 0.15) is 23.3 Å². The molecule has 8 heteroatoms. The maximum atomic E-state index is 10.8. The van der Waals surface area contributed by atoms with Crippen LogP contribution in [0.3, 0.4) is 0 Å². The number of rotatable bonds is 7. The van der Waals surface area contributed by atoms with E-state index in [1.807, 2.05) is 0 Å². The van der Waals surface area contributed by atoms with E-state index in [1.54, 1.807) is 60.7 Å². The first-order valence-electron chi connectivity index (χ1n) is 6.30. The van der Waals surface area contributed by atoms with Crippen LogP contribution in [0.5, 0.6) is 0 Å². The summed E-state index contributed by atoms with van der Waals surface area (Å²) in [5.74, 6) is 0. The molecule has 0 aromatic heterocycles. The van der Waals surface area contributed by atoms with Gasteiger partial charge in [0, 0.05) is 0 Å². The molecule has 2 unspecified atom stereocenters. The van der Waals surface area contributed by atoms with Gasteiger partial charge in [0.1, 0.15) is 0 Å². The van der Waals surface area contributed by atoms with Crippen molar-refractivity contribution in [2.75, 3.05) is 0 Å². The minimum absolute atomic E-state index is 0.398. The lowest BCUT2D eigenvalue weighted by atomic mass is 9.98. The maximum Gasteiger partial charge on any atom is 0.295 e. The molecule has 0 spiro atoms. The highest BCUT2D eigenvalue weighted by Crippen LogP contribution is 2.35. The lowest BCUT2D eigenvalue weighted by Crippen LogP contribution is -2.22. The van der Waals surface area contributed by atoms with Crippen molar-refractivity contribution in [2.24, 2.45) is 0 Å². The van der Waals surface area contributed by atoms with E-state index in [0.717, 1.165) is 0 Å². The van der Waals surface area contributed by atoms with E-state index in [1.165, 1.54) is 0 Å². The van der Waals surface area contributed by atoms with Gasteiger partial charge in [-0.1, -0.05) is 60.7 Å². The number of benzene rings is 2. The Hall–Kier alpha value is -3.16. The first-order valence-corrected chi connectivity index (χ1v) is 6.30. The predicted octanol–water partition coefficient (Wildman–Crippen LogP) is 2.89. The molecule has 0 aliphatic heterocycles. The monoisotopic (exact) mass is 304 g/mol. The standard InChI is InChI=1S/C14H12N2O6/c17-15(18)21-13(11-7-3-1-4-8-11)14(22-16(19)20)12-9-5-2-6-10-12/h1-10,13-14H. The van der Waals surface area contributed by atoms with Gasteiger partial charge in [-0.15, -0.1) is 20.2 Å². The van der Waals surface area contributed by atoms with E-state index in [0.29, 0.717) is 11.1 Å². The van der Waals surface area contributed by atoms with Crippen molar-refractivity contribution in [3.8, 4) is 0 Å². The summed E-state index contributed by atoms with van der Waals surface area (Å²) in [6.07, 6.45) is -2.52. The fraction of sp³-hybridized carbons (Fsp3) is 0.143. The third-order valence-electron chi connectivity index (χ3n) is 2.93. The molecule has 22 heavy (non-hydrogen) atoms. The summed E-state index contributed by atoms with van der Waals surface area (Å²) in [5, 5.41) is 19.5. The molecule has 0 N–H and O–H groups in total. The Morgan fingerprint density at radius 1 is 0.682 bits per heavy atom. The van der Waals surface area contributed by atoms with Gasteiger partial charge >= 0.3 is 0 Å². The van der Waals surface area contributed by atoms with Gasteiger partial charge in [-0.3, -0.25) is 0 Å². The third-order valence-corrected chi connectivity index (χ3v) is 2.93. The smallest absolute Gasteiger partial charge is 0.295 e. The molecule has 114 valence electrons. The molecule has 2 aromatic rings. The fourth-order valence-corrected chi connectivity index (χ4v) is 2.05. The molecule has 0 radical (unpaired) electrons. The van der Waals surface area contributed by atoms with E-state index in [2.05, 4.69) is 9.68 Å². The molecule has 0 saturated carbocycles. The summed E-state index contributed by atoms with van der Waals surface area (Å²) in [6.45, 7) is 0. The van der Waals surface area contributed by atoms with Gasteiger partial charge in [0.15, 0.2) is 12.2 Å². The summed E-state index contributed by atoms with van der Waals surface area (Å²) in [7, 11) is 0. The van der Waals surface area contributed by atoms with E-state index in [9.17, 15) is 20.2 Å². The molecular formula is C14H12N2O6. The molecule has 2 aromatic carbocycles. The average Bonchev–Trinajstić information content (AvgIpc) is 2.52. The van der Waals surface area contributed by atoms with E-state index in [4.69, 9.17) is 0 Å². The second-order valence-electron chi connectivity index (χ2n) is 4.32. The van der Waals surface area contributed by atoms with Crippen LogP contribution in [-0.2, 0) is 9.68 Å². The molecule has 0 amide bonds. The zero-order valence-electron chi connectivity index (χ0n) is 11.3. The van der Waals surface area contributed by atoms with Gasteiger partial charge in [-0.05, 0) is 11.1 Å². The Labute approximate surface area is 125 Å². The van der Waals surface area contributed by atoms with Crippen molar-refractivity contribution in [3.05, 3.63) is 92.0 Å². The van der Waals surface area contributed by atoms with E-state index in [-0.39, 0.29) is 0 Å². The van der Waals surface area contributed by atoms with Crippen molar-refractivity contribution in [1.29, 1.82) is 0 Å². The number of hydrogen-bond acceptors (Lipinski definition) is 6. The zero-order chi connectivity index (χ0) is 15.9. The van der Waals surface area contributed by atoms with Crippen molar-refractivity contribution < 1.29 is 19.8 Å². The second-order valence-corrected chi connectivity index (χ2v) is 4.32. The summed E-state index contributed by atoms with van der Waals surface area (Å²) >= 11 is 0. The Balaban J connectivity index is 2.43. The van der Waals surface area contributed by atoms with Crippen molar-refractivity contribution in [2.45, 2.75) is 12.2 Å². The van der Waals surface area contributed by atoms with Crippen LogP contribution in [0.25, 0.3) is 0 Å². The van der Waals surface area contributed by atoms with Gasteiger partial charge in [-0.25, -0.2) is 0 Å². The molecule has 0 aliphatic rings. The second kappa shape index (κ2) is 7.02. The summed E-state index contributed by atoms with van der Waals surface area (Å²) < 4.78 is 0. The fourth-order valence-electron chi connectivity index (χ4n) is 2.05. The number of nitrogens with zero attached hydrogens (tertiary/aromatic N) is 2. The molecular weight excluding hydrogens is 292 g/mol. The first-order chi connectivity index (χ1) is 10.6. The van der Waals surface area contributed by atoms with Gasteiger partial charge in [-0.2, -0.15) is 0 Å². The van der Waals surface area contributed by atoms with E-state index < -0.39 is 22.4 Å². The van der Waals surface area contributed by atoms with Gasteiger partial charge < -0.3 is 9.68 Å². The highest BCUT2D eigenvalue weighted by molar-refractivity contribution is 5.25. The summed E-state index contributed by atoms with van der Waals surface area (Å²) in [4.78, 5) is 30.8.